The van der Waals surface area contributed by atoms with E-state index in [0.717, 1.165) is 23.9 Å². The highest BCUT2D eigenvalue weighted by Crippen LogP contribution is 2.24. The second-order valence-electron chi connectivity index (χ2n) is 5.29. The van der Waals surface area contributed by atoms with Gasteiger partial charge in [0.2, 0.25) is 0 Å². The van der Waals surface area contributed by atoms with Crippen molar-refractivity contribution in [3.05, 3.63) is 59.8 Å². The molecule has 1 amide bonds. The number of amides is 1. The molecule has 0 aliphatic rings. The molecule has 4 N–H and O–H groups in total. The second kappa shape index (κ2) is 7.69. The Morgan fingerprint density at radius 2 is 1.85 bits per heavy atom. The number of anilines is 2. The molecule has 134 valence electrons. The molecule has 0 radical (unpaired) electrons. The molecule has 2 aromatic rings. The van der Waals surface area contributed by atoms with Crippen molar-refractivity contribution in [3.8, 4) is 11.8 Å². The van der Waals surface area contributed by atoms with Crippen molar-refractivity contribution >= 4 is 27.4 Å². The molecular weight excluding hydrogens is 358 g/mol. The Bertz CT molecular complexity index is 1010. The van der Waals surface area contributed by atoms with Crippen molar-refractivity contribution < 1.29 is 22.9 Å². The number of carbonyl (C=O) groups is 1. The Kier molecular flexibility index (Phi) is 5.61. The summed E-state index contributed by atoms with van der Waals surface area (Å²) in [6.45, 7) is 1.82. The highest BCUT2D eigenvalue weighted by molar-refractivity contribution is 7.85. The topological polar surface area (TPSA) is 140 Å². The maximum absolute atomic E-state index is 12.1. The Morgan fingerprint density at radius 3 is 2.42 bits per heavy atom. The maximum Gasteiger partial charge on any atom is 0.294 e. The average Bonchev–Trinajstić information content (AvgIpc) is 2.58. The zero-order valence-electron chi connectivity index (χ0n) is 13.6. The van der Waals surface area contributed by atoms with E-state index in [4.69, 9.17) is 9.81 Å². The molecule has 0 atom stereocenters. The summed E-state index contributed by atoms with van der Waals surface area (Å²) in [7, 11) is -4.33. The van der Waals surface area contributed by atoms with Crippen LogP contribution in [0.3, 0.4) is 0 Å². The number of hydrogen-bond donors (Lipinski definition) is 4. The molecule has 0 fully saturated rings. The number of benzene rings is 2. The first kappa shape index (κ1) is 19.0. The minimum absolute atomic E-state index is 0.0367. The van der Waals surface area contributed by atoms with E-state index in [9.17, 15) is 18.3 Å². The van der Waals surface area contributed by atoms with Gasteiger partial charge < -0.3 is 15.7 Å². The first-order valence-corrected chi connectivity index (χ1v) is 8.70. The predicted molar refractivity (Wildman–Crippen MR) is 95.0 cm³/mol. The minimum Gasteiger partial charge on any atom is -0.506 e. The molecule has 8 nitrogen and oxygen atoms in total. The highest BCUT2D eigenvalue weighted by atomic mass is 32.2. The highest BCUT2D eigenvalue weighted by Gasteiger charge is 2.12. The van der Waals surface area contributed by atoms with Gasteiger partial charge in [0.1, 0.15) is 17.4 Å². The number of phenols is 1. The lowest BCUT2D eigenvalue weighted by Gasteiger charge is -2.07. The monoisotopic (exact) mass is 373 g/mol. The average molecular weight is 373 g/mol. The van der Waals surface area contributed by atoms with Crippen LogP contribution in [0.4, 0.5) is 11.4 Å². The van der Waals surface area contributed by atoms with Crippen LogP contribution in [0.5, 0.6) is 5.75 Å². The lowest BCUT2D eigenvalue weighted by atomic mass is 10.2. The van der Waals surface area contributed by atoms with Crippen molar-refractivity contribution in [2.45, 2.75) is 11.8 Å². The number of rotatable bonds is 5. The molecule has 0 saturated heterocycles. The molecule has 2 rings (SSSR count). The zero-order chi connectivity index (χ0) is 19.3. The van der Waals surface area contributed by atoms with Crippen LogP contribution >= 0.6 is 0 Å². The Labute approximate surface area is 150 Å². The minimum atomic E-state index is -4.33. The molecule has 2 aromatic carbocycles. The van der Waals surface area contributed by atoms with Crippen LogP contribution in [0.1, 0.15) is 5.56 Å². The normalized spacial score (nSPS) is 11.5. The number of hydrogen-bond acceptors (Lipinski definition) is 6. The van der Waals surface area contributed by atoms with Crippen molar-refractivity contribution in [1.82, 2.24) is 0 Å². The zero-order valence-corrected chi connectivity index (χ0v) is 14.4. The van der Waals surface area contributed by atoms with Gasteiger partial charge in [-0.05, 0) is 48.9 Å². The third-order valence-electron chi connectivity index (χ3n) is 3.30. The smallest absolute Gasteiger partial charge is 0.294 e. The maximum atomic E-state index is 12.1. The van der Waals surface area contributed by atoms with Crippen molar-refractivity contribution in [1.29, 1.82) is 5.26 Å². The van der Waals surface area contributed by atoms with Crippen LogP contribution in [0, 0.1) is 18.3 Å². The molecule has 0 aliphatic heterocycles. The van der Waals surface area contributed by atoms with Gasteiger partial charge in [-0.3, -0.25) is 9.35 Å². The molecule has 26 heavy (non-hydrogen) atoms. The SMILES string of the molecule is Cc1ccc(O)c(N/C=C(/C#N)C(=O)Nc2ccc(S(=O)(=O)O)cc2)c1. The molecule has 0 bridgehead atoms. The van der Waals surface area contributed by atoms with Gasteiger partial charge in [0, 0.05) is 11.9 Å². The van der Waals surface area contributed by atoms with Crippen LogP contribution in [0.25, 0.3) is 0 Å². The molecular formula is C17H15N3O5S. The third kappa shape index (κ3) is 4.83. The van der Waals surface area contributed by atoms with E-state index in [1.165, 1.54) is 18.2 Å². The number of aromatic hydroxyl groups is 1. The Hall–Kier alpha value is -3.35. The standard InChI is InChI=1S/C17H15N3O5S/c1-11-2-7-16(21)15(8-11)19-10-12(9-18)17(22)20-13-3-5-14(6-4-13)26(23,24)25/h2-8,10,19,21H,1H3,(H,20,22)(H,23,24,25)/b12-10-. The molecule has 9 heteroatoms. The van der Waals surface area contributed by atoms with Gasteiger partial charge in [0.25, 0.3) is 16.0 Å². The second-order valence-corrected chi connectivity index (χ2v) is 6.71. The number of nitrogens with zero attached hydrogens (tertiary/aromatic N) is 1. The number of nitriles is 1. The van der Waals surface area contributed by atoms with E-state index >= 15 is 0 Å². The van der Waals surface area contributed by atoms with E-state index in [2.05, 4.69) is 10.6 Å². The molecule has 0 saturated carbocycles. The molecule has 0 spiro atoms. The fourth-order valence-corrected chi connectivity index (χ4v) is 2.45. The van der Waals surface area contributed by atoms with Crippen molar-refractivity contribution in [2.24, 2.45) is 0 Å². The van der Waals surface area contributed by atoms with Gasteiger partial charge in [0.05, 0.1) is 10.6 Å². The lowest BCUT2D eigenvalue weighted by molar-refractivity contribution is -0.112. The van der Waals surface area contributed by atoms with Gasteiger partial charge in [-0.15, -0.1) is 0 Å². The fourth-order valence-electron chi connectivity index (χ4n) is 1.97. The summed E-state index contributed by atoms with van der Waals surface area (Å²) in [6, 6.07) is 11.3. The fraction of sp³-hybridized carbons (Fsp3) is 0.0588. The van der Waals surface area contributed by atoms with Gasteiger partial charge in [-0.25, -0.2) is 0 Å². The molecule has 0 aliphatic carbocycles. The first-order chi connectivity index (χ1) is 12.2. The van der Waals surface area contributed by atoms with Gasteiger partial charge in [0.15, 0.2) is 0 Å². The molecule has 0 aromatic heterocycles. The predicted octanol–water partition coefficient (Wildman–Crippen LogP) is 2.41. The van der Waals surface area contributed by atoms with Crippen LogP contribution in [0.15, 0.2) is 59.1 Å². The summed E-state index contributed by atoms with van der Waals surface area (Å²) in [5.74, 6) is -0.767. The summed E-state index contributed by atoms with van der Waals surface area (Å²) in [6.07, 6.45) is 1.15. The van der Waals surface area contributed by atoms with Crippen LogP contribution in [-0.2, 0) is 14.9 Å². The summed E-state index contributed by atoms with van der Waals surface area (Å²) < 4.78 is 30.9. The number of nitrogens with one attached hydrogen (secondary N) is 2. The van der Waals surface area contributed by atoms with E-state index in [-0.39, 0.29) is 21.9 Å². The van der Waals surface area contributed by atoms with E-state index < -0.39 is 16.0 Å². The van der Waals surface area contributed by atoms with Gasteiger partial charge in [-0.1, -0.05) is 6.07 Å². The molecule has 0 unspecified atom stereocenters. The van der Waals surface area contributed by atoms with Crippen molar-refractivity contribution in [2.75, 3.05) is 10.6 Å². The Balaban J connectivity index is 2.13. The van der Waals surface area contributed by atoms with E-state index in [0.29, 0.717) is 5.69 Å². The first-order valence-electron chi connectivity index (χ1n) is 7.26. The van der Waals surface area contributed by atoms with Gasteiger partial charge >= 0.3 is 0 Å². The Morgan fingerprint density at radius 1 is 1.19 bits per heavy atom. The summed E-state index contributed by atoms with van der Waals surface area (Å²) >= 11 is 0. The molecule has 0 heterocycles. The number of aryl methyl sites for hydroxylation is 1. The van der Waals surface area contributed by atoms with E-state index in [1.54, 1.807) is 18.2 Å². The van der Waals surface area contributed by atoms with Crippen LogP contribution in [-0.4, -0.2) is 24.0 Å². The summed E-state index contributed by atoms with van der Waals surface area (Å²) in [5, 5.41) is 24.0. The summed E-state index contributed by atoms with van der Waals surface area (Å²) in [4.78, 5) is 11.8. The number of phenolic OH excluding ortho intramolecular Hbond substituents is 1. The van der Waals surface area contributed by atoms with Crippen LogP contribution < -0.4 is 10.6 Å². The largest absolute Gasteiger partial charge is 0.506 e. The van der Waals surface area contributed by atoms with E-state index in [1.807, 2.05) is 6.92 Å². The van der Waals surface area contributed by atoms with Crippen LogP contribution in [0.2, 0.25) is 0 Å². The quantitative estimate of drug-likeness (QED) is 0.273. The number of carbonyl (C=O) groups excluding carboxylic acids is 1. The lowest BCUT2D eigenvalue weighted by Crippen LogP contribution is -2.14. The third-order valence-corrected chi connectivity index (χ3v) is 4.17. The summed E-state index contributed by atoms with van der Waals surface area (Å²) in [5.41, 5.74) is 1.19. The van der Waals surface area contributed by atoms with Crippen molar-refractivity contribution in [3.63, 3.8) is 0 Å². The van der Waals surface area contributed by atoms with Gasteiger partial charge in [-0.2, -0.15) is 13.7 Å².